The summed E-state index contributed by atoms with van der Waals surface area (Å²) in [5.41, 5.74) is 3.82. The van der Waals surface area contributed by atoms with Crippen molar-refractivity contribution < 1.29 is 9.59 Å². The van der Waals surface area contributed by atoms with Gasteiger partial charge in [0.05, 0.1) is 17.9 Å². The predicted octanol–water partition coefficient (Wildman–Crippen LogP) is 3.15. The van der Waals surface area contributed by atoms with Crippen molar-refractivity contribution in [2.24, 2.45) is 0 Å². The van der Waals surface area contributed by atoms with Gasteiger partial charge in [-0.25, -0.2) is 4.98 Å². The lowest BCUT2D eigenvalue weighted by molar-refractivity contribution is -0.122. The second-order valence-electron chi connectivity index (χ2n) is 7.23. The number of hydrogen-bond acceptors (Lipinski definition) is 5. The van der Waals surface area contributed by atoms with Crippen LogP contribution in [0.25, 0.3) is 0 Å². The van der Waals surface area contributed by atoms with Gasteiger partial charge in [0.1, 0.15) is 0 Å². The predicted molar refractivity (Wildman–Crippen MR) is 108 cm³/mol. The third kappa shape index (κ3) is 4.93. The van der Waals surface area contributed by atoms with E-state index in [0.29, 0.717) is 24.3 Å². The topological polar surface area (TPSA) is 65.5 Å². The molecule has 0 saturated heterocycles. The molecule has 1 aliphatic carbocycles. The molecule has 6 nitrogen and oxygen atoms in total. The lowest BCUT2D eigenvalue weighted by atomic mass is 10.1. The Balaban J connectivity index is 1.72. The number of anilines is 2. The number of para-hydroxylation sites is 1. The van der Waals surface area contributed by atoms with Gasteiger partial charge in [-0.15, -0.1) is 11.3 Å². The van der Waals surface area contributed by atoms with E-state index in [-0.39, 0.29) is 11.8 Å². The summed E-state index contributed by atoms with van der Waals surface area (Å²) >= 11 is 1.45. The average Bonchev–Trinajstić information content (AvgIpc) is 3.27. The molecule has 1 fully saturated rings. The SMILES string of the molecule is CC(=O)N(c1nc(CN(C)CC(=O)NC2CC2)cs1)c1c(C)cccc1C. The molecule has 1 aliphatic rings. The number of aryl methyl sites for hydroxylation is 2. The average molecular weight is 387 g/mol. The molecule has 1 heterocycles. The normalized spacial score (nSPS) is 13.7. The van der Waals surface area contributed by atoms with Crippen LogP contribution in [0.1, 0.15) is 36.6 Å². The zero-order valence-electron chi connectivity index (χ0n) is 16.3. The van der Waals surface area contributed by atoms with E-state index in [1.54, 1.807) is 11.8 Å². The fourth-order valence-electron chi connectivity index (χ4n) is 3.10. The number of amides is 2. The van der Waals surface area contributed by atoms with Crippen LogP contribution in [0.4, 0.5) is 10.8 Å². The molecule has 3 rings (SSSR count). The molecule has 2 amide bonds. The van der Waals surface area contributed by atoms with E-state index < -0.39 is 0 Å². The minimum atomic E-state index is -0.0644. The Labute approximate surface area is 164 Å². The maximum atomic E-state index is 12.4. The largest absolute Gasteiger partial charge is 0.352 e. The molecule has 0 unspecified atom stereocenters. The number of likely N-dealkylation sites (N-methyl/N-ethyl adjacent to an activating group) is 1. The monoisotopic (exact) mass is 386 g/mol. The highest BCUT2D eigenvalue weighted by molar-refractivity contribution is 7.14. The molecule has 0 aliphatic heterocycles. The first-order chi connectivity index (χ1) is 12.8. The van der Waals surface area contributed by atoms with Gasteiger partial charge >= 0.3 is 0 Å². The number of benzene rings is 1. The highest BCUT2D eigenvalue weighted by Gasteiger charge is 2.24. The molecule has 1 aromatic heterocycles. The van der Waals surface area contributed by atoms with E-state index in [4.69, 9.17) is 0 Å². The van der Waals surface area contributed by atoms with Crippen LogP contribution in [0.3, 0.4) is 0 Å². The number of hydrogen-bond donors (Lipinski definition) is 1. The van der Waals surface area contributed by atoms with Crippen molar-refractivity contribution in [3.05, 3.63) is 40.4 Å². The van der Waals surface area contributed by atoms with Gasteiger partial charge in [-0.2, -0.15) is 0 Å². The van der Waals surface area contributed by atoms with Gasteiger partial charge in [0.25, 0.3) is 0 Å². The zero-order valence-corrected chi connectivity index (χ0v) is 17.1. The number of aromatic nitrogens is 1. The summed E-state index contributed by atoms with van der Waals surface area (Å²) in [4.78, 5) is 32.6. The highest BCUT2D eigenvalue weighted by Crippen LogP contribution is 2.33. The second-order valence-corrected chi connectivity index (χ2v) is 8.07. The van der Waals surface area contributed by atoms with Crippen LogP contribution in [0.15, 0.2) is 23.6 Å². The van der Waals surface area contributed by atoms with Crippen molar-refractivity contribution in [3.63, 3.8) is 0 Å². The standard InChI is InChI=1S/C20H26N4O2S/c1-13-6-5-7-14(2)19(13)24(15(3)25)20-22-17(12-27-20)10-23(4)11-18(26)21-16-8-9-16/h5-7,12,16H,8-11H2,1-4H3,(H,21,26). The first kappa shape index (κ1) is 19.5. The van der Waals surface area contributed by atoms with Gasteiger partial charge in [-0.3, -0.25) is 19.4 Å². The van der Waals surface area contributed by atoms with Gasteiger partial charge in [0.15, 0.2) is 5.13 Å². The molecule has 1 aromatic carbocycles. The third-order valence-electron chi connectivity index (χ3n) is 4.50. The molecular weight excluding hydrogens is 360 g/mol. The summed E-state index contributed by atoms with van der Waals surface area (Å²) in [7, 11) is 1.90. The van der Waals surface area contributed by atoms with E-state index in [2.05, 4.69) is 10.3 Å². The Morgan fingerprint density at radius 2 is 1.93 bits per heavy atom. The molecule has 0 spiro atoms. The number of nitrogens with zero attached hydrogens (tertiary/aromatic N) is 3. The minimum absolute atomic E-state index is 0.0522. The van der Waals surface area contributed by atoms with Gasteiger partial charge in [0, 0.05) is 24.9 Å². The first-order valence-corrected chi connectivity index (χ1v) is 10.0. The van der Waals surface area contributed by atoms with E-state index in [0.717, 1.165) is 35.3 Å². The van der Waals surface area contributed by atoms with E-state index in [1.165, 1.54) is 11.3 Å². The Morgan fingerprint density at radius 3 is 2.52 bits per heavy atom. The van der Waals surface area contributed by atoms with Crippen LogP contribution in [0.5, 0.6) is 0 Å². The molecule has 7 heteroatoms. The van der Waals surface area contributed by atoms with Crippen molar-refractivity contribution in [1.29, 1.82) is 0 Å². The second kappa shape index (κ2) is 8.19. The number of carbonyl (C=O) groups excluding carboxylic acids is 2. The van der Waals surface area contributed by atoms with E-state index in [9.17, 15) is 9.59 Å². The quantitative estimate of drug-likeness (QED) is 0.794. The molecule has 144 valence electrons. The van der Waals surface area contributed by atoms with Gasteiger partial charge in [0.2, 0.25) is 11.8 Å². The first-order valence-electron chi connectivity index (χ1n) is 9.14. The van der Waals surface area contributed by atoms with Crippen LogP contribution in [0.2, 0.25) is 0 Å². The Morgan fingerprint density at radius 1 is 1.26 bits per heavy atom. The smallest absolute Gasteiger partial charge is 0.234 e. The summed E-state index contributed by atoms with van der Waals surface area (Å²) in [5, 5.41) is 5.60. The molecule has 0 bridgehead atoms. The molecule has 0 atom stereocenters. The van der Waals surface area contributed by atoms with Crippen molar-refractivity contribution in [2.75, 3.05) is 18.5 Å². The summed E-state index contributed by atoms with van der Waals surface area (Å²) in [6.07, 6.45) is 2.17. The number of thiazole rings is 1. The fraction of sp³-hybridized carbons (Fsp3) is 0.450. The van der Waals surface area contributed by atoms with Crippen LogP contribution in [-0.2, 0) is 16.1 Å². The minimum Gasteiger partial charge on any atom is -0.352 e. The summed E-state index contributed by atoms with van der Waals surface area (Å²) < 4.78 is 0. The maximum Gasteiger partial charge on any atom is 0.234 e. The summed E-state index contributed by atoms with van der Waals surface area (Å²) in [6.45, 7) is 6.46. The third-order valence-corrected chi connectivity index (χ3v) is 5.37. The molecule has 1 saturated carbocycles. The van der Waals surface area contributed by atoms with Gasteiger partial charge in [-0.05, 0) is 44.9 Å². The van der Waals surface area contributed by atoms with Crippen LogP contribution < -0.4 is 10.2 Å². The van der Waals surface area contributed by atoms with E-state index in [1.807, 2.05) is 49.4 Å². The number of rotatable bonds is 7. The molecule has 0 radical (unpaired) electrons. The van der Waals surface area contributed by atoms with Crippen LogP contribution >= 0.6 is 11.3 Å². The highest BCUT2D eigenvalue weighted by atomic mass is 32.1. The Hall–Kier alpha value is -2.25. The number of nitrogens with one attached hydrogen (secondary N) is 1. The molecular formula is C20H26N4O2S. The lowest BCUT2D eigenvalue weighted by Crippen LogP contribution is -2.36. The fourth-order valence-corrected chi connectivity index (χ4v) is 3.96. The van der Waals surface area contributed by atoms with Crippen molar-refractivity contribution in [2.45, 2.75) is 46.2 Å². The summed E-state index contributed by atoms with van der Waals surface area (Å²) in [5.74, 6) is -0.0122. The van der Waals surface area contributed by atoms with Crippen molar-refractivity contribution in [3.8, 4) is 0 Å². The lowest BCUT2D eigenvalue weighted by Gasteiger charge is -2.22. The Bertz CT molecular complexity index is 824. The van der Waals surface area contributed by atoms with Crippen LogP contribution in [0, 0.1) is 13.8 Å². The maximum absolute atomic E-state index is 12.4. The Kier molecular flexibility index (Phi) is 5.92. The molecule has 1 N–H and O–H groups in total. The van der Waals surface area contributed by atoms with Crippen molar-refractivity contribution >= 4 is 34.0 Å². The zero-order chi connectivity index (χ0) is 19.6. The van der Waals surface area contributed by atoms with E-state index >= 15 is 0 Å². The number of carbonyl (C=O) groups is 2. The van der Waals surface area contributed by atoms with Crippen LogP contribution in [-0.4, -0.2) is 41.3 Å². The summed E-state index contributed by atoms with van der Waals surface area (Å²) in [6, 6.07) is 6.36. The van der Waals surface area contributed by atoms with Gasteiger partial charge < -0.3 is 5.32 Å². The van der Waals surface area contributed by atoms with Gasteiger partial charge in [-0.1, -0.05) is 18.2 Å². The molecule has 2 aromatic rings. The van der Waals surface area contributed by atoms with Crippen molar-refractivity contribution in [1.82, 2.24) is 15.2 Å². The molecule has 27 heavy (non-hydrogen) atoms.